The van der Waals surface area contributed by atoms with Gasteiger partial charge in [-0.1, -0.05) is 18.2 Å². The number of halogens is 2. The number of piperidine rings is 1. The van der Waals surface area contributed by atoms with Crippen LogP contribution in [0.5, 0.6) is 0 Å². The molecular formula is C23H26ClFN4O. The summed E-state index contributed by atoms with van der Waals surface area (Å²) in [4.78, 5) is 13.2. The molecule has 1 aromatic heterocycles. The fraction of sp³-hybridized carbons (Fsp3) is 0.304. The van der Waals surface area contributed by atoms with Crippen molar-refractivity contribution in [2.45, 2.75) is 32.6 Å². The van der Waals surface area contributed by atoms with Gasteiger partial charge in [0.05, 0.1) is 23.1 Å². The molecule has 1 saturated heterocycles. The zero-order valence-corrected chi connectivity index (χ0v) is 17.9. The highest BCUT2D eigenvalue weighted by Crippen LogP contribution is 2.31. The molecule has 2 N–H and O–H groups in total. The molecule has 2 aromatic carbocycles. The summed E-state index contributed by atoms with van der Waals surface area (Å²) in [6.45, 7) is 5.74. The third kappa shape index (κ3) is 4.55. The van der Waals surface area contributed by atoms with Crippen LogP contribution < -0.4 is 10.6 Å². The maximum atomic E-state index is 13.8. The summed E-state index contributed by atoms with van der Waals surface area (Å²) in [5.74, 6) is -0.327. The van der Waals surface area contributed by atoms with E-state index in [1.807, 2.05) is 38.1 Å². The highest BCUT2D eigenvalue weighted by molar-refractivity contribution is 6.05. The van der Waals surface area contributed by atoms with E-state index in [2.05, 4.69) is 15.7 Å². The first-order valence-corrected chi connectivity index (χ1v) is 9.96. The van der Waals surface area contributed by atoms with E-state index in [9.17, 15) is 9.18 Å². The van der Waals surface area contributed by atoms with E-state index in [0.29, 0.717) is 11.3 Å². The lowest BCUT2D eigenvalue weighted by Crippen LogP contribution is -2.29. The summed E-state index contributed by atoms with van der Waals surface area (Å²) in [5.41, 5.74) is 4.90. The number of hydrogen-bond acceptors (Lipinski definition) is 3. The van der Waals surface area contributed by atoms with Crippen molar-refractivity contribution in [2.24, 2.45) is 0 Å². The number of benzene rings is 2. The molecular weight excluding hydrogens is 403 g/mol. The second kappa shape index (κ2) is 9.41. The lowest BCUT2D eigenvalue weighted by atomic mass is 9.91. The van der Waals surface area contributed by atoms with Gasteiger partial charge in [-0.15, -0.1) is 12.4 Å². The predicted octanol–water partition coefficient (Wildman–Crippen LogP) is 4.77. The molecule has 0 aliphatic carbocycles. The first-order valence-electron chi connectivity index (χ1n) is 9.96. The predicted molar refractivity (Wildman–Crippen MR) is 119 cm³/mol. The Labute approximate surface area is 182 Å². The Morgan fingerprint density at radius 2 is 1.93 bits per heavy atom. The Morgan fingerprint density at radius 1 is 1.17 bits per heavy atom. The van der Waals surface area contributed by atoms with Crippen molar-refractivity contribution in [3.8, 4) is 5.69 Å². The smallest absolute Gasteiger partial charge is 0.259 e. The average Bonchev–Trinajstić information content (AvgIpc) is 3.17. The Morgan fingerprint density at radius 3 is 2.67 bits per heavy atom. The minimum absolute atomic E-state index is 0. The molecule has 0 unspecified atom stereocenters. The van der Waals surface area contributed by atoms with E-state index in [4.69, 9.17) is 0 Å². The topological polar surface area (TPSA) is 59.0 Å². The van der Waals surface area contributed by atoms with Crippen LogP contribution in [0.3, 0.4) is 0 Å². The van der Waals surface area contributed by atoms with E-state index < -0.39 is 0 Å². The Balaban J connectivity index is 0.00000256. The number of carbonyl (C=O) groups is 1. The van der Waals surface area contributed by atoms with Crippen LogP contribution in [0.25, 0.3) is 5.69 Å². The summed E-state index contributed by atoms with van der Waals surface area (Å²) < 4.78 is 15.6. The molecule has 4 rings (SSSR count). The summed E-state index contributed by atoms with van der Waals surface area (Å²) in [6.07, 6.45) is 3.41. The van der Waals surface area contributed by atoms with Crippen molar-refractivity contribution in [1.29, 1.82) is 0 Å². The van der Waals surface area contributed by atoms with Gasteiger partial charge in [-0.3, -0.25) is 4.79 Å². The molecule has 5 nitrogen and oxygen atoms in total. The number of hydrogen-bond donors (Lipinski definition) is 2. The standard InChI is InChI=1S/C23H25FN4O.ClH/c1-15-6-7-16(2)21(12-15)27-23(29)20-14-26-28(19-5-3-4-18(24)13-19)22(20)17-8-10-25-11-9-17;/h3-7,12-14,17,25H,8-11H2,1-2H3,(H,27,29);1H. The first-order chi connectivity index (χ1) is 14.0. The largest absolute Gasteiger partial charge is 0.322 e. The average molecular weight is 429 g/mol. The maximum absolute atomic E-state index is 13.8. The van der Waals surface area contributed by atoms with Gasteiger partial charge in [-0.25, -0.2) is 9.07 Å². The number of amides is 1. The minimum Gasteiger partial charge on any atom is -0.322 e. The Hall–Kier alpha value is -2.70. The number of nitrogens with one attached hydrogen (secondary N) is 2. The van der Waals surface area contributed by atoms with Crippen LogP contribution in [0.1, 0.15) is 45.9 Å². The third-order valence-electron chi connectivity index (χ3n) is 5.47. The number of aromatic nitrogens is 2. The number of rotatable bonds is 4. The molecule has 0 atom stereocenters. The molecule has 0 spiro atoms. The van der Waals surface area contributed by atoms with Gasteiger partial charge in [-0.2, -0.15) is 5.10 Å². The number of carbonyl (C=O) groups excluding carboxylic acids is 1. The summed E-state index contributed by atoms with van der Waals surface area (Å²) in [7, 11) is 0. The monoisotopic (exact) mass is 428 g/mol. The van der Waals surface area contributed by atoms with Crippen LogP contribution in [-0.4, -0.2) is 28.8 Å². The SMILES string of the molecule is Cc1ccc(C)c(NC(=O)c2cnn(-c3cccc(F)c3)c2C2CCNCC2)c1.Cl. The van der Waals surface area contributed by atoms with Gasteiger partial charge in [-0.05, 0) is 75.2 Å². The first kappa shape index (κ1) is 22.0. The highest BCUT2D eigenvalue weighted by atomic mass is 35.5. The number of anilines is 1. The molecule has 7 heteroatoms. The highest BCUT2D eigenvalue weighted by Gasteiger charge is 2.27. The van der Waals surface area contributed by atoms with Crippen molar-refractivity contribution in [3.05, 3.63) is 76.9 Å². The number of nitrogens with zero attached hydrogens (tertiary/aromatic N) is 2. The summed E-state index contributed by atoms with van der Waals surface area (Å²) in [6, 6.07) is 12.3. The van der Waals surface area contributed by atoms with E-state index in [-0.39, 0.29) is 30.0 Å². The molecule has 0 saturated carbocycles. The van der Waals surface area contributed by atoms with Gasteiger partial charge >= 0.3 is 0 Å². The van der Waals surface area contributed by atoms with Crippen LogP contribution in [0.4, 0.5) is 10.1 Å². The van der Waals surface area contributed by atoms with Crippen molar-refractivity contribution in [1.82, 2.24) is 15.1 Å². The van der Waals surface area contributed by atoms with E-state index in [0.717, 1.165) is 48.4 Å². The molecule has 1 amide bonds. The van der Waals surface area contributed by atoms with E-state index in [1.165, 1.54) is 12.1 Å². The molecule has 0 radical (unpaired) electrons. The second-order valence-electron chi connectivity index (χ2n) is 7.63. The fourth-order valence-corrected chi connectivity index (χ4v) is 3.89. The van der Waals surface area contributed by atoms with Gasteiger partial charge < -0.3 is 10.6 Å². The van der Waals surface area contributed by atoms with Crippen molar-refractivity contribution in [2.75, 3.05) is 18.4 Å². The van der Waals surface area contributed by atoms with Crippen molar-refractivity contribution >= 4 is 24.0 Å². The molecule has 158 valence electrons. The van der Waals surface area contributed by atoms with Gasteiger partial charge in [0.15, 0.2) is 0 Å². The van der Waals surface area contributed by atoms with Gasteiger partial charge in [0.1, 0.15) is 5.82 Å². The van der Waals surface area contributed by atoms with Gasteiger partial charge in [0.25, 0.3) is 5.91 Å². The zero-order valence-electron chi connectivity index (χ0n) is 17.1. The van der Waals surface area contributed by atoms with Crippen LogP contribution in [0.15, 0.2) is 48.7 Å². The number of aryl methyl sites for hydroxylation is 2. The fourth-order valence-electron chi connectivity index (χ4n) is 3.89. The molecule has 0 bridgehead atoms. The molecule has 2 heterocycles. The molecule has 1 fully saturated rings. The summed E-state index contributed by atoms with van der Waals surface area (Å²) in [5, 5.41) is 10.9. The lowest BCUT2D eigenvalue weighted by Gasteiger charge is -2.24. The normalized spacial score (nSPS) is 14.2. The lowest BCUT2D eigenvalue weighted by molar-refractivity contribution is 0.102. The molecule has 1 aliphatic rings. The Bertz CT molecular complexity index is 1040. The van der Waals surface area contributed by atoms with Gasteiger partial charge in [0.2, 0.25) is 0 Å². The van der Waals surface area contributed by atoms with Crippen LogP contribution >= 0.6 is 12.4 Å². The van der Waals surface area contributed by atoms with Crippen LogP contribution in [-0.2, 0) is 0 Å². The minimum atomic E-state index is -0.323. The quantitative estimate of drug-likeness (QED) is 0.629. The van der Waals surface area contributed by atoms with Crippen LogP contribution in [0.2, 0.25) is 0 Å². The molecule has 3 aromatic rings. The zero-order chi connectivity index (χ0) is 20.4. The molecule has 30 heavy (non-hydrogen) atoms. The van der Waals surface area contributed by atoms with Crippen molar-refractivity contribution < 1.29 is 9.18 Å². The third-order valence-corrected chi connectivity index (χ3v) is 5.47. The second-order valence-corrected chi connectivity index (χ2v) is 7.63. The molecule has 1 aliphatic heterocycles. The maximum Gasteiger partial charge on any atom is 0.259 e. The van der Waals surface area contributed by atoms with E-state index >= 15 is 0 Å². The van der Waals surface area contributed by atoms with Crippen LogP contribution in [0, 0.1) is 19.7 Å². The van der Waals surface area contributed by atoms with E-state index in [1.54, 1.807) is 16.9 Å². The van der Waals surface area contributed by atoms with Gasteiger partial charge in [0, 0.05) is 11.6 Å². The summed E-state index contributed by atoms with van der Waals surface area (Å²) >= 11 is 0. The Kier molecular flexibility index (Phi) is 6.90. The van der Waals surface area contributed by atoms with Crippen molar-refractivity contribution in [3.63, 3.8) is 0 Å².